The van der Waals surface area contributed by atoms with Crippen LogP contribution in [0.15, 0.2) is 10.1 Å². The molecule has 72 valence electrons. The Labute approximate surface area is 87.1 Å². The molecule has 3 heteroatoms. The molecule has 1 aromatic heterocycles. The topological polar surface area (TPSA) is 26.0 Å². The van der Waals surface area contributed by atoms with Gasteiger partial charge in [-0.1, -0.05) is 33.6 Å². The molecule has 0 aliphatic rings. The molecule has 13 heavy (non-hydrogen) atoms. The summed E-state index contributed by atoms with van der Waals surface area (Å²) in [6, 6.07) is 0. The van der Waals surface area contributed by atoms with Crippen molar-refractivity contribution in [1.82, 2.24) is 5.16 Å². The van der Waals surface area contributed by atoms with Gasteiger partial charge in [-0.05, 0) is 26.3 Å². The predicted octanol–water partition coefficient (Wildman–Crippen LogP) is 3.48. The quantitative estimate of drug-likeness (QED) is 0.761. The van der Waals surface area contributed by atoms with Gasteiger partial charge >= 0.3 is 0 Å². The first-order valence-electron chi connectivity index (χ1n) is 4.37. The molecule has 1 heterocycles. The molecule has 0 bridgehead atoms. The molecule has 0 spiro atoms. The monoisotopic (exact) mass is 243 g/mol. The van der Waals surface area contributed by atoms with Gasteiger partial charge in [0.15, 0.2) is 0 Å². The smallest absolute Gasteiger partial charge is 0.141 e. The summed E-state index contributed by atoms with van der Waals surface area (Å²) in [5.41, 5.74) is 3.44. The first kappa shape index (κ1) is 10.5. The van der Waals surface area contributed by atoms with E-state index in [0.29, 0.717) is 0 Å². The molecule has 0 saturated carbocycles. The Hall–Kier alpha value is -0.570. The van der Waals surface area contributed by atoms with Gasteiger partial charge in [0.05, 0.1) is 5.69 Å². The summed E-state index contributed by atoms with van der Waals surface area (Å²) in [5, 5.41) is 4.81. The number of rotatable bonds is 3. The largest absolute Gasteiger partial charge is 0.361 e. The van der Waals surface area contributed by atoms with Crippen LogP contribution in [0.5, 0.6) is 0 Å². The summed E-state index contributed by atoms with van der Waals surface area (Å²) >= 11 is 3.45. The first-order valence-corrected chi connectivity index (χ1v) is 5.49. The zero-order valence-corrected chi connectivity index (χ0v) is 9.81. The fourth-order valence-corrected chi connectivity index (χ4v) is 1.69. The van der Waals surface area contributed by atoms with Crippen LogP contribution in [0.25, 0.3) is 6.08 Å². The molecule has 0 aliphatic heterocycles. The van der Waals surface area contributed by atoms with Crippen LogP contribution in [0.1, 0.15) is 30.4 Å². The minimum Gasteiger partial charge on any atom is -0.361 e. The van der Waals surface area contributed by atoms with Crippen LogP contribution in [-0.2, 0) is 0 Å². The van der Waals surface area contributed by atoms with E-state index in [0.717, 1.165) is 28.8 Å². The Morgan fingerprint density at radius 1 is 1.54 bits per heavy atom. The van der Waals surface area contributed by atoms with Crippen molar-refractivity contribution in [1.29, 1.82) is 0 Å². The Kier molecular flexibility index (Phi) is 3.72. The third kappa shape index (κ3) is 2.44. The van der Waals surface area contributed by atoms with E-state index < -0.39 is 0 Å². The Morgan fingerprint density at radius 2 is 2.23 bits per heavy atom. The van der Waals surface area contributed by atoms with Crippen LogP contribution >= 0.6 is 15.9 Å². The lowest BCUT2D eigenvalue weighted by Gasteiger charge is -1.98. The Bertz CT molecular complexity index is 289. The average molecular weight is 244 g/mol. The van der Waals surface area contributed by atoms with Crippen LogP contribution in [0.3, 0.4) is 0 Å². The van der Waals surface area contributed by atoms with E-state index in [1.54, 1.807) is 0 Å². The third-order valence-electron chi connectivity index (χ3n) is 2.06. The molecule has 0 fully saturated rings. The van der Waals surface area contributed by atoms with Crippen molar-refractivity contribution in [2.75, 3.05) is 5.33 Å². The maximum atomic E-state index is 5.08. The second kappa shape index (κ2) is 4.61. The third-order valence-corrected chi connectivity index (χ3v) is 2.78. The summed E-state index contributed by atoms with van der Waals surface area (Å²) in [5.74, 6) is 0.893. The van der Waals surface area contributed by atoms with Gasteiger partial charge in [-0.15, -0.1) is 0 Å². The van der Waals surface area contributed by atoms with Gasteiger partial charge in [0.2, 0.25) is 0 Å². The number of aromatic nitrogens is 1. The Balaban J connectivity index is 3.01. The van der Waals surface area contributed by atoms with Crippen molar-refractivity contribution in [3.8, 4) is 0 Å². The molecule has 0 atom stereocenters. The van der Waals surface area contributed by atoms with E-state index in [4.69, 9.17) is 4.52 Å². The minimum absolute atomic E-state index is 0.893. The fraction of sp³-hybridized carbons (Fsp3) is 0.500. The molecule has 1 rings (SSSR count). The summed E-state index contributed by atoms with van der Waals surface area (Å²) in [7, 11) is 0. The van der Waals surface area contributed by atoms with E-state index >= 15 is 0 Å². The lowest BCUT2D eigenvalue weighted by atomic mass is 10.1. The number of alkyl halides is 1. The van der Waals surface area contributed by atoms with Crippen molar-refractivity contribution < 1.29 is 4.52 Å². The average Bonchev–Trinajstić information content (AvgIpc) is 2.44. The van der Waals surface area contributed by atoms with Gasteiger partial charge in [0.25, 0.3) is 0 Å². The standard InChI is InChI=1S/C10H14BrNO/c1-4-9(6-11)5-10-7(2)12-13-8(10)3/h5H,4,6H2,1-3H3. The highest BCUT2D eigenvalue weighted by Crippen LogP contribution is 2.18. The zero-order valence-electron chi connectivity index (χ0n) is 8.22. The number of hydrogen-bond donors (Lipinski definition) is 0. The fourth-order valence-electron chi connectivity index (χ4n) is 1.14. The summed E-state index contributed by atoms with van der Waals surface area (Å²) < 4.78 is 5.08. The number of hydrogen-bond acceptors (Lipinski definition) is 2. The van der Waals surface area contributed by atoms with Crippen LogP contribution < -0.4 is 0 Å². The molecule has 0 radical (unpaired) electrons. The summed E-state index contributed by atoms with van der Waals surface area (Å²) in [6.45, 7) is 6.04. The van der Waals surface area contributed by atoms with Crippen molar-refractivity contribution in [2.24, 2.45) is 0 Å². The van der Waals surface area contributed by atoms with Gasteiger partial charge in [-0.2, -0.15) is 0 Å². The minimum atomic E-state index is 0.893. The number of aryl methyl sites for hydroxylation is 2. The van der Waals surface area contributed by atoms with Crippen molar-refractivity contribution in [3.05, 3.63) is 22.6 Å². The molecule has 0 amide bonds. The van der Waals surface area contributed by atoms with Crippen LogP contribution in [0.2, 0.25) is 0 Å². The van der Waals surface area contributed by atoms with Crippen LogP contribution in [0, 0.1) is 13.8 Å². The normalized spacial score (nSPS) is 12.2. The number of halogens is 1. The van der Waals surface area contributed by atoms with Crippen molar-refractivity contribution in [2.45, 2.75) is 27.2 Å². The van der Waals surface area contributed by atoms with E-state index in [2.05, 4.69) is 34.1 Å². The molecule has 0 aromatic carbocycles. The number of allylic oxidation sites excluding steroid dienone is 1. The van der Waals surface area contributed by atoms with Crippen LogP contribution in [0.4, 0.5) is 0 Å². The van der Waals surface area contributed by atoms with Crippen molar-refractivity contribution in [3.63, 3.8) is 0 Å². The molecular formula is C10H14BrNO. The molecular weight excluding hydrogens is 230 g/mol. The van der Waals surface area contributed by atoms with Crippen molar-refractivity contribution >= 4 is 22.0 Å². The zero-order chi connectivity index (χ0) is 9.84. The second-order valence-electron chi connectivity index (χ2n) is 3.03. The van der Waals surface area contributed by atoms with Crippen LogP contribution in [-0.4, -0.2) is 10.5 Å². The second-order valence-corrected chi connectivity index (χ2v) is 3.59. The van der Waals surface area contributed by atoms with Gasteiger partial charge in [-0.3, -0.25) is 0 Å². The van der Waals surface area contributed by atoms with Gasteiger partial charge in [-0.25, -0.2) is 0 Å². The summed E-state index contributed by atoms with van der Waals surface area (Å²) in [6.07, 6.45) is 3.20. The molecule has 0 N–H and O–H groups in total. The number of nitrogens with zero attached hydrogens (tertiary/aromatic N) is 1. The van der Waals surface area contributed by atoms with E-state index in [9.17, 15) is 0 Å². The molecule has 0 aliphatic carbocycles. The molecule has 0 saturated heterocycles. The molecule has 1 aromatic rings. The maximum absolute atomic E-state index is 5.08. The molecule has 2 nitrogen and oxygen atoms in total. The van der Waals surface area contributed by atoms with Gasteiger partial charge < -0.3 is 4.52 Å². The predicted molar refractivity (Wildman–Crippen MR) is 58.0 cm³/mol. The molecule has 0 unspecified atom stereocenters. The SMILES string of the molecule is CCC(=Cc1c(C)noc1C)CBr. The summed E-state index contributed by atoms with van der Waals surface area (Å²) in [4.78, 5) is 0. The Morgan fingerprint density at radius 3 is 2.62 bits per heavy atom. The maximum Gasteiger partial charge on any atom is 0.141 e. The van der Waals surface area contributed by atoms with Gasteiger partial charge in [0, 0.05) is 10.9 Å². The van der Waals surface area contributed by atoms with E-state index in [1.807, 2.05) is 13.8 Å². The lowest BCUT2D eigenvalue weighted by Crippen LogP contribution is -1.84. The highest BCUT2D eigenvalue weighted by atomic mass is 79.9. The van der Waals surface area contributed by atoms with E-state index in [-0.39, 0.29) is 0 Å². The van der Waals surface area contributed by atoms with E-state index in [1.165, 1.54) is 5.57 Å². The first-order chi connectivity index (χ1) is 6.19. The highest BCUT2D eigenvalue weighted by Gasteiger charge is 2.06. The van der Waals surface area contributed by atoms with Gasteiger partial charge in [0.1, 0.15) is 5.76 Å². The lowest BCUT2D eigenvalue weighted by molar-refractivity contribution is 0.393. The highest BCUT2D eigenvalue weighted by molar-refractivity contribution is 9.09.